The molecule has 1 N–H and O–H groups in total. The summed E-state index contributed by atoms with van der Waals surface area (Å²) >= 11 is 4.38. The van der Waals surface area contributed by atoms with Crippen molar-refractivity contribution in [1.29, 1.82) is 0 Å². The highest BCUT2D eigenvalue weighted by atomic mass is 79.9. The number of nitrogens with one attached hydrogen (secondary N) is 1. The largest absolute Gasteiger partial charge is 0.324 e. The zero-order chi connectivity index (χ0) is 19.8. The molecule has 0 aliphatic rings. The second-order valence-electron chi connectivity index (χ2n) is 5.90. The Morgan fingerprint density at radius 1 is 1.22 bits per heavy atom. The number of halogens is 1. The van der Waals surface area contributed by atoms with E-state index >= 15 is 0 Å². The average molecular weight is 470 g/mol. The molecule has 1 amide bonds. The van der Waals surface area contributed by atoms with Gasteiger partial charge in [-0.1, -0.05) is 27.3 Å². The SMILES string of the molecule is Cn1c(=O)sc2cc(NC(=O)CN(c3ccc(Br)cc3)S(C)(=O)=O)ccc21. The van der Waals surface area contributed by atoms with E-state index in [1.54, 1.807) is 49.5 Å². The number of carbonyl (C=O) groups excluding carboxylic acids is 1. The normalized spacial score (nSPS) is 11.5. The molecule has 10 heteroatoms. The maximum atomic E-state index is 12.4. The fraction of sp³-hybridized carbons (Fsp3) is 0.176. The molecule has 0 aliphatic carbocycles. The number of nitrogens with zero attached hydrogens (tertiary/aromatic N) is 2. The summed E-state index contributed by atoms with van der Waals surface area (Å²) in [7, 11) is -1.96. The molecule has 2 aromatic carbocycles. The standard InChI is InChI=1S/C17H16BrN3O4S2/c1-20-14-8-5-12(9-15(14)26-17(20)23)19-16(22)10-21(27(2,24)25)13-6-3-11(18)4-7-13/h3-9H,10H2,1-2H3,(H,19,22). The van der Waals surface area contributed by atoms with Gasteiger partial charge in [0.15, 0.2) is 0 Å². The highest BCUT2D eigenvalue weighted by Gasteiger charge is 2.21. The molecule has 0 aliphatic heterocycles. The number of fused-ring (bicyclic) bond motifs is 1. The topological polar surface area (TPSA) is 88.5 Å². The van der Waals surface area contributed by atoms with Gasteiger partial charge in [0.25, 0.3) is 0 Å². The lowest BCUT2D eigenvalue weighted by atomic mass is 10.3. The number of rotatable bonds is 5. The molecule has 0 radical (unpaired) electrons. The number of thiazole rings is 1. The molecule has 3 rings (SSSR count). The van der Waals surface area contributed by atoms with E-state index < -0.39 is 15.9 Å². The van der Waals surface area contributed by atoms with Crippen molar-refractivity contribution in [2.24, 2.45) is 7.05 Å². The van der Waals surface area contributed by atoms with Crippen LogP contribution in [0.15, 0.2) is 51.7 Å². The van der Waals surface area contributed by atoms with Crippen molar-refractivity contribution >= 4 is 64.8 Å². The van der Waals surface area contributed by atoms with Crippen LogP contribution in [0.5, 0.6) is 0 Å². The van der Waals surface area contributed by atoms with Crippen LogP contribution in [0.1, 0.15) is 0 Å². The number of sulfonamides is 1. The van der Waals surface area contributed by atoms with Gasteiger partial charge in [0.2, 0.25) is 15.9 Å². The summed E-state index contributed by atoms with van der Waals surface area (Å²) in [6.07, 6.45) is 1.05. The summed E-state index contributed by atoms with van der Waals surface area (Å²) in [5.74, 6) is -0.481. The van der Waals surface area contributed by atoms with Crippen LogP contribution in [0.25, 0.3) is 10.2 Å². The van der Waals surface area contributed by atoms with Crippen LogP contribution in [-0.2, 0) is 21.9 Å². The Labute approximate surface area is 168 Å². The average Bonchev–Trinajstić information content (AvgIpc) is 2.86. The first kappa shape index (κ1) is 19.6. The molecule has 1 aromatic heterocycles. The summed E-state index contributed by atoms with van der Waals surface area (Å²) in [5, 5.41) is 2.69. The van der Waals surface area contributed by atoms with Gasteiger partial charge >= 0.3 is 4.87 Å². The minimum atomic E-state index is -3.64. The molecule has 0 spiro atoms. The molecule has 0 bridgehead atoms. The van der Waals surface area contributed by atoms with Crippen LogP contribution in [0, 0.1) is 0 Å². The Morgan fingerprint density at radius 2 is 1.89 bits per heavy atom. The molecule has 0 unspecified atom stereocenters. The van der Waals surface area contributed by atoms with Crippen molar-refractivity contribution in [3.8, 4) is 0 Å². The summed E-state index contributed by atoms with van der Waals surface area (Å²) in [6, 6.07) is 11.8. The first-order chi connectivity index (χ1) is 12.6. The third-order valence-electron chi connectivity index (χ3n) is 3.88. The molecule has 7 nitrogen and oxygen atoms in total. The van der Waals surface area contributed by atoms with Gasteiger partial charge in [0.1, 0.15) is 6.54 Å². The number of hydrogen-bond acceptors (Lipinski definition) is 5. The van der Waals surface area contributed by atoms with Gasteiger partial charge in [-0.2, -0.15) is 0 Å². The summed E-state index contributed by atoms with van der Waals surface area (Å²) in [4.78, 5) is 24.1. The van der Waals surface area contributed by atoms with E-state index in [-0.39, 0.29) is 11.4 Å². The Kier molecular flexibility index (Phi) is 5.41. The number of anilines is 2. The van der Waals surface area contributed by atoms with Crippen molar-refractivity contribution in [3.05, 3.63) is 56.6 Å². The maximum absolute atomic E-state index is 12.4. The van der Waals surface area contributed by atoms with E-state index in [0.29, 0.717) is 11.4 Å². The fourth-order valence-corrected chi connectivity index (χ4v) is 4.59. The molecule has 0 fully saturated rings. The molecule has 0 saturated carbocycles. The Morgan fingerprint density at radius 3 is 2.52 bits per heavy atom. The van der Waals surface area contributed by atoms with Gasteiger partial charge in [0.05, 0.1) is 22.2 Å². The Balaban J connectivity index is 1.82. The zero-order valence-electron chi connectivity index (χ0n) is 14.5. The second-order valence-corrected chi connectivity index (χ2v) is 9.72. The lowest BCUT2D eigenvalue weighted by Gasteiger charge is -2.22. The van der Waals surface area contributed by atoms with Gasteiger partial charge in [-0.25, -0.2) is 8.42 Å². The number of aromatic nitrogens is 1. The maximum Gasteiger partial charge on any atom is 0.307 e. The number of aryl methyl sites for hydroxylation is 1. The third-order valence-corrected chi connectivity index (χ3v) is 6.54. The van der Waals surface area contributed by atoms with Crippen LogP contribution >= 0.6 is 27.3 Å². The Hall–Kier alpha value is -2.17. The molecular formula is C17H16BrN3O4S2. The lowest BCUT2D eigenvalue weighted by Crippen LogP contribution is -2.37. The van der Waals surface area contributed by atoms with E-state index in [1.165, 1.54) is 4.57 Å². The van der Waals surface area contributed by atoms with Crippen LogP contribution in [-0.4, -0.2) is 31.7 Å². The van der Waals surface area contributed by atoms with Gasteiger partial charge in [0, 0.05) is 17.2 Å². The predicted octanol–water partition coefficient (Wildman–Crippen LogP) is 2.77. The lowest BCUT2D eigenvalue weighted by molar-refractivity contribution is -0.114. The van der Waals surface area contributed by atoms with Crippen LogP contribution < -0.4 is 14.5 Å². The van der Waals surface area contributed by atoms with Gasteiger partial charge in [-0.15, -0.1) is 0 Å². The number of amides is 1. The van der Waals surface area contributed by atoms with Crippen LogP contribution in [0.3, 0.4) is 0 Å². The minimum Gasteiger partial charge on any atom is -0.324 e. The highest BCUT2D eigenvalue weighted by molar-refractivity contribution is 9.10. The molecule has 3 aromatic rings. The fourth-order valence-electron chi connectivity index (χ4n) is 2.55. The summed E-state index contributed by atoms with van der Waals surface area (Å²) < 4.78 is 28.4. The van der Waals surface area contributed by atoms with E-state index in [0.717, 1.165) is 36.6 Å². The van der Waals surface area contributed by atoms with Crippen molar-refractivity contribution in [2.45, 2.75) is 0 Å². The predicted molar refractivity (Wildman–Crippen MR) is 112 cm³/mol. The molecule has 0 atom stereocenters. The number of benzene rings is 2. The van der Waals surface area contributed by atoms with Gasteiger partial charge in [-0.3, -0.25) is 13.9 Å². The quantitative estimate of drug-likeness (QED) is 0.621. The first-order valence-electron chi connectivity index (χ1n) is 7.78. The smallest absolute Gasteiger partial charge is 0.307 e. The molecule has 1 heterocycles. The van der Waals surface area contributed by atoms with Gasteiger partial charge in [-0.05, 0) is 42.5 Å². The van der Waals surface area contributed by atoms with Crippen molar-refractivity contribution in [2.75, 3.05) is 22.4 Å². The summed E-state index contributed by atoms with van der Waals surface area (Å²) in [5.41, 5.74) is 1.67. The van der Waals surface area contributed by atoms with Gasteiger partial charge < -0.3 is 9.88 Å². The van der Waals surface area contributed by atoms with Crippen LogP contribution in [0.4, 0.5) is 11.4 Å². The summed E-state index contributed by atoms with van der Waals surface area (Å²) in [6.45, 7) is -0.358. The van der Waals surface area contributed by atoms with Crippen molar-refractivity contribution < 1.29 is 13.2 Å². The van der Waals surface area contributed by atoms with Crippen LogP contribution in [0.2, 0.25) is 0 Å². The first-order valence-corrected chi connectivity index (χ1v) is 11.2. The monoisotopic (exact) mass is 469 g/mol. The van der Waals surface area contributed by atoms with Crippen molar-refractivity contribution in [1.82, 2.24) is 4.57 Å². The molecular weight excluding hydrogens is 454 g/mol. The van der Waals surface area contributed by atoms with Crippen molar-refractivity contribution in [3.63, 3.8) is 0 Å². The second kappa shape index (κ2) is 7.45. The van der Waals surface area contributed by atoms with E-state index in [2.05, 4.69) is 21.2 Å². The van der Waals surface area contributed by atoms with E-state index in [4.69, 9.17) is 0 Å². The highest BCUT2D eigenvalue weighted by Crippen LogP contribution is 2.23. The van der Waals surface area contributed by atoms with E-state index in [9.17, 15) is 18.0 Å². The molecule has 0 saturated heterocycles. The minimum absolute atomic E-state index is 0.0908. The number of hydrogen-bond donors (Lipinski definition) is 1. The number of carbonyl (C=O) groups is 1. The Bertz CT molecular complexity index is 1170. The third kappa shape index (κ3) is 4.40. The van der Waals surface area contributed by atoms with E-state index in [1.807, 2.05) is 0 Å². The molecule has 27 heavy (non-hydrogen) atoms. The molecule has 142 valence electrons. The zero-order valence-corrected chi connectivity index (χ0v) is 17.7.